The molecule has 5 nitrogen and oxygen atoms in total. The summed E-state index contributed by atoms with van der Waals surface area (Å²) >= 11 is 7.28. The predicted octanol–water partition coefficient (Wildman–Crippen LogP) is 5.32. The van der Waals surface area contributed by atoms with Gasteiger partial charge in [-0.05, 0) is 37.6 Å². The predicted molar refractivity (Wildman–Crippen MR) is 102 cm³/mol. The molecule has 0 radical (unpaired) electrons. The minimum absolute atomic E-state index is 0.326. The van der Waals surface area contributed by atoms with Gasteiger partial charge in [0.15, 0.2) is 0 Å². The number of methoxy groups -OCH3 is 1. The summed E-state index contributed by atoms with van der Waals surface area (Å²) in [5, 5.41) is 3.84. The van der Waals surface area contributed by atoms with Crippen LogP contribution in [-0.4, -0.2) is 19.0 Å². The van der Waals surface area contributed by atoms with Gasteiger partial charge in [-0.3, -0.25) is 4.79 Å². The molecule has 134 valence electrons. The fourth-order valence-corrected chi connectivity index (χ4v) is 3.87. The van der Waals surface area contributed by atoms with Crippen LogP contribution >= 0.6 is 22.9 Å². The summed E-state index contributed by atoms with van der Waals surface area (Å²) in [7, 11) is 1.31. The Morgan fingerprint density at radius 1 is 1.15 bits per heavy atom. The lowest BCUT2D eigenvalue weighted by Gasteiger charge is -2.08. The van der Waals surface area contributed by atoms with Crippen LogP contribution in [0.15, 0.2) is 41.0 Å². The maximum atomic E-state index is 12.5. The van der Waals surface area contributed by atoms with Crippen molar-refractivity contribution in [3.8, 4) is 11.1 Å². The molecule has 3 aromatic rings. The molecule has 7 heteroatoms. The van der Waals surface area contributed by atoms with E-state index in [9.17, 15) is 9.59 Å². The van der Waals surface area contributed by atoms with Gasteiger partial charge in [-0.15, -0.1) is 11.3 Å². The molecular weight excluding hydrogens is 374 g/mol. The number of hydrogen-bond donors (Lipinski definition) is 1. The number of ether oxygens (including phenoxy) is 1. The Labute approximate surface area is 159 Å². The third kappa shape index (κ3) is 3.38. The van der Waals surface area contributed by atoms with Gasteiger partial charge in [0.25, 0.3) is 5.91 Å². The second-order valence-corrected chi connectivity index (χ2v) is 7.24. The van der Waals surface area contributed by atoms with Crippen molar-refractivity contribution in [3.05, 3.63) is 63.4 Å². The summed E-state index contributed by atoms with van der Waals surface area (Å²) in [6.07, 6.45) is 1.45. The number of amides is 1. The van der Waals surface area contributed by atoms with Crippen molar-refractivity contribution in [3.63, 3.8) is 0 Å². The van der Waals surface area contributed by atoms with Crippen LogP contribution in [-0.2, 0) is 4.74 Å². The number of carbonyl (C=O) groups is 2. The first-order valence-electron chi connectivity index (χ1n) is 7.75. The Hall–Kier alpha value is -2.57. The molecule has 0 bridgehead atoms. The highest BCUT2D eigenvalue weighted by Gasteiger charge is 2.26. The summed E-state index contributed by atoms with van der Waals surface area (Å²) in [6.45, 7) is 3.59. The van der Waals surface area contributed by atoms with Crippen molar-refractivity contribution in [1.82, 2.24) is 0 Å². The second kappa shape index (κ2) is 7.35. The molecule has 0 saturated heterocycles. The van der Waals surface area contributed by atoms with Gasteiger partial charge in [-0.1, -0.05) is 23.7 Å². The van der Waals surface area contributed by atoms with Crippen LogP contribution in [0, 0.1) is 13.8 Å². The van der Waals surface area contributed by atoms with Gasteiger partial charge < -0.3 is 14.5 Å². The molecular formula is C19H16ClNO4S. The van der Waals surface area contributed by atoms with Gasteiger partial charge in [0.2, 0.25) is 0 Å². The molecule has 2 heterocycles. The van der Waals surface area contributed by atoms with Gasteiger partial charge >= 0.3 is 5.97 Å². The van der Waals surface area contributed by atoms with Crippen molar-refractivity contribution < 1.29 is 18.7 Å². The van der Waals surface area contributed by atoms with E-state index in [1.165, 1.54) is 24.7 Å². The third-order valence-electron chi connectivity index (χ3n) is 3.94. The van der Waals surface area contributed by atoms with Crippen LogP contribution in [0.25, 0.3) is 11.1 Å². The molecule has 26 heavy (non-hydrogen) atoms. The number of esters is 1. The number of anilines is 1. The van der Waals surface area contributed by atoms with Gasteiger partial charge in [0.1, 0.15) is 16.3 Å². The topological polar surface area (TPSA) is 68.5 Å². The number of furan rings is 1. The number of thiophene rings is 1. The highest BCUT2D eigenvalue weighted by atomic mass is 35.5. The minimum Gasteiger partial charge on any atom is -0.469 e. The molecule has 0 spiro atoms. The number of aryl methyl sites for hydroxylation is 2. The zero-order chi connectivity index (χ0) is 18.8. The van der Waals surface area contributed by atoms with Crippen LogP contribution < -0.4 is 5.32 Å². The van der Waals surface area contributed by atoms with Gasteiger partial charge in [-0.2, -0.15) is 0 Å². The third-order valence-corrected chi connectivity index (χ3v) is 5.21. The second-order valence-electron chi connectivity index (χ2n) is 5.58. The van der Waals surface area contributed by atoms with Crippen LogP contribution in [0.2, 0.25) is 5.02 Å². The number of carbonyl (C=O) groups excluding carboxylic acids is 2. The normalized spacial score (nSPS) is 10.6. The fourth-order valence-electron chi connectivity index (χ4n) is 2.68. The molecule has 1 N–H and O–H groups in total. The smallest absolute Gasteiger partial charge is 0.341 e. The van der Waals surface area contributed by atoms with Crippen LogP contribution in [0.5, 0.6) is 0 Å². The molecule has 2 aromatic heterocycles. The van der Waals surface area contributed by atoms with E-state index in [0.717, 1.165) is 16.0 Å². The quantitative estimate of drug-likeness (QED) is 0.613. The highest BCUT2D eigenvalue weighted by molar-refractivity contribution is 7.17. The molecule has 0 aliphatic carbocycles. The Bertz CT molecular complexity index is 972. The number of rotatable bonds is 4. The summed E-state index contributed by atoms with van der Waals surface area (Å²) in [5.41, 5.74) is 2.29. The maximum Gasteiger partial charge on any atom is 0.341 e. The van der Waals surface area contributed by atoms with Gasteiger partial charge in [-0.25, -0.2) is 4.79 Å². The average molecular weight is 390 g/mol. The molecule has 0 saturated carbocycles. The van der Waals surface area contributed by atoms with E-state index in [-0.39, 0.29) is 5.91 Å². The standard InChI is InChI=1S/C19H16ClNO4S/c1-10-14(8-9-25-10)17(22)21-18-16(19(23)24-3)15(11(2)26-18)12-4-6-13(20)7-5-12/h4-9H,1-3H3,(H,21,22). The number of nitrogens with one attached hydrogen (secondary N) is 1. The zero-order valence-corrected chi connectivity index (χ0v) is 16.0. The molecule has 3 rings (SSSR count). The molecule has 0 atom stereocenters. The van der Waals surface area contributed by atoms with Crippen molar-refractivity contribution in [2.24, 2.45) is 0 Å². The Kier molecular flexibility index (Phi) is 5.15. The van der Waals surface area contributed by atoms with E-state index in [0.29, 0.717) is 26.9 Å². The Balaban J connectivity index is 2.07. The van der Waals surface area contributed by atoms with Crippen molar-refractivity contribution >= 4 is 39.8 Å². The first-order valence-corrected chi connectivity index (χ1v) is 8.95. The molecule has 0 fully saturated rings. The Morgan fingerprint density at radius 3 is 2.42 bits per heavy atom. The van der Waals surface area contributed by atoms with Crippen molar-refractivity contribution in [1.29, 1.82) is 0 Å². The molecule has 1 amide bonds. The molecule has 1 aromatic carbocycles. The first kappa shape index (κ1) is 18.2. The van der Waals surface area contributed by atoms with Crippen LogP contribution in [0.3, 0.4) is 0 Å². The minimum atomic E-state index is -0.515. The lowest BCUT2D eigenvalue weighted by molar-refractivity contribution is 0.0603. The highest BCUT2D eigenvalue weighted by Crippen LogP contribution is 2.40. The lowest BCUT2D eigenvalue weighted by atomic mass is 10.0. The van der Waals surface area contributed by atoms with Crippen LogP contribution in [0.4, 0.5) is 5.00 Å². The molecule has 0 aliphatic heterocycles. The zero-order valence-electron chi connectivity index (χ0n) is 14.4. The van der Waals surface area contributed by atoms with E-state index >= 15 is 0 Å². The fraction of sp³-hybridized carbons (Fsp3) is 0.158. The van der Waals surface area contributed by atoms with Gasteiger partial charge in [0, 0.05) is 15.5 Å². The van der Waals surface area contributed by atoms with Gasteiger partial charge in [0.05, 0.1) is 18.9 Å². The largest absolute Gasteiger partial charge is 0.469 e. The summed E-state index contributed by atoms with van der Waals surface area (Å²) < 4.78 is 10.1. The van der Waals surface area contributed by atoms with E-state index in [1.54, 1.807) is 25.1 Å². The summed E-state index contributed by atoms with van der Waals surface area (Å²) in [5.74, 6) is -0.350. The van der Waals surface area contributed by atoms with Crippen LogP contribution in [0.1, 0.15) is 31.4 Å². The average Bonchev–Trinajstić information content (AvgIpc) is 3.18. The van der Waals surface area contributed by atoms with E-state index in [4.69, 9.17) is 20.8 Å². The lowest BCUT2D eigenvalue weighted by Crippen LogP contribution is -2.14. The number of halogens is 1. The summed E-state index contributed by atoms with van der Waals surface area (Å²) in [4.78, 5) is 25.8. The maximum absolute atomic E-state index is 12.5. The van der Waals surface area contributed by atoms with E-state index in [2.05, 4.69) is 5.32 Å². The number of hydrogen-bond acceptors (Lipinski definition) is 5. The Morgan fingerprint density at radius 2 is 1.85 bits per heavy atom. The summed E-state index contributed by atoms with van der Waals surface area (Å²) in [6, 6.07) is 8.75. The van der Waals surface area contributed by atoms with E-state index in [1.807, 2.05) is 19.1 Å². The van der Waals surface area contributed by atoms with E-state index < -0.39 is 5.97 Å². The molecule has 0 unspecified atom stereocenters. The molecule has 0 aliphatic rings. The SMILES string of the molecule is COC(=O)c1c(NC(=O)c2ccoc2C)sc(C)c1-c1ccc(Cl)cc1. The van der Waals surface area contributed by atoms with Crippen molar-refractivity contribution in [2.45, 2.75) is 13.8 Å². The first-order chi connectivity index (χ1) is 12.4. The monoisotopic (exact) mass is 389 g/mol. The number of benzene rings is 1. The van der Waals surface area contributed by atoms with Crippen molar-refractivity contribution in [2.75, 3.05) is 12.4 Å².